The molecule has 1 aliphatic heterocycles. The molecule has 1 aliphatic rings. The second kappa shape index (κ2) is 3.52. The summed E-state index contributed by atoms with van der Waals surface area (Å²) < 4.78 is 12.7. The predicted octanol–water partition coefficient (Wildman–Crippen LogP) is 2.59. The first-order chi connectivity index (χ1) is 8.20. The minimum absolute atomic E-state index is 0.0741. The van der Waals surface area contributed by atoms with E-state index in [1.54, 1.807) is 6.92 Å². The fraction of sp³-hybridized carbons (Fsp3) is 0.308. The number of carbonyl (C=O) groups excluding carboxylic acids is 1. The standard InChI is InChI=1S/C13H13NO3/c1-3-14-10(8(2)15)4-9-5-12-13(6-11(9)14)17-7-16-12/h4-6H,3,7H2,1-2H3. The van der Waals surface area contributed by atoms with Crippen molar-refractivity contribution in [1.82, 2.24) is 4.57 Å². The van der Waals surface area contributed by atoms with E-state index < -0.39 is 0 Å². The van der Waals surface area contributed by atoms with Crippen molar-refractivity contribution in [2.45, 2.75) is 20.4 Å². The van der Waals surface area contributed by atoms with Gasteiger partial charge in [-0.25, -0.2) is 0 Å². The predicted molar refractivity (Wildman–Crippen MR) is 63.7 cm³/mol. The van der Waals surface area contributed by atoms with E-state index in [2.05, 4.69) is 0 Å². The fourth-order valence-corrected chi connectivity index (χ4v) is 2.28. The molecule has 88 valence electrons. The molecule has 0 amide bonds. The number of aryl methyl sites for hydroxylation is 1. The van der Waals surface area contributed by atoms with Crippen molar-refractivity contribution in [3.63, 3.8) is 0 Å². The van der Waals surface area contributed by atoms with Crippen molar-refractivity contribution >= 4 is 16.7 Å². The average molecular weight is 231 g/mol. The van der Waals surface area contributed by atoms with E-state index in [4.69, 9.17) is 9.47 Å². The summed E-state index contributed by atoms with van der Waals surface area (Å²) in [6.07, 6.45) is 0. The van der Waals surface area contributed by atoms with Gasteiger partial charge in [0.15, 0.2) is 17.3 Å². The Balaban J connectivity index is 2.31. The van der Waals surface area contributed by atoms with Crippen LogP contribution in [0.15, 0.2) is 18.2 Å². The van der Waals surface area contributed by atoms with Gasteiger partial charge in [-0.2, -0.15) is 0 Å². The first kappa shape index (κ1) is 10.2. The third kappa shape index (κ3) is 1.40. The van der Waals surface area contributed by atoms with Gasteiger partial charge in [0.2, 0.25) is 6.79 Å². The largest absolute Gasteiger partial charge is 0.454 e. The molecule has 1 aromatic carbocycles. The minimum atomic E-state index is 0.0741. The highest BCUT2D eigenvalue weighted by Gasteiger charge is 2.18. The lowest BCUT2D eigenvalue weighted by Crippen LogP contribution is -2.04. The monoisotopic (exact) mass is 231 g/mol. The molecule has 4 nitrogen and oxygen atoms in total. The zero-order chi connectivity index (χ0) is 12.0. The second-order valence-corrected chi connectivity index (χ2v) is 4.09. The van der Waals surface area contributed by atoms with Crippen LogP contribution in [-0.4, -0.2) is 17.1 Å². The summed E-state index contributed by atoms with van der Waals surface area (Å²) in [4.78, 5) is 11.6. The van der Waals surface area contributed by atoms with Gasteiger partial charge >= 0.3 is 0 Å². The summed E-state index contributed by atoms with van der Waals surface area (Å²) in [5, 5.41) is 1.02. The Bertz CT molecular complexity index is 613. The van der Waals surface area contributed by atoms with E-state index >= 15 is 0 Å². The fourth-order valence-electron chi connectivity index (χ4n) is 2.28. The van der Waals surface area contributed by atoms with E-state index in [1.807, 2.05) is 29.7 Å². The van der Waals surface area contributed by atoms with E-state index in [9.17, 15) is 4.79 Å². The van der Waals surface area contributed by atoms with Gasteiger partial charge in [-0.05, 0) is 19.1 Å². The highest BCUT2D eigenvalue weighted by atomic mass is 16.7. The summed E-state index contributed by atoms with van der Waals surface area (Å²) >= 11 is 0. The van der Waals surface area contributed by atoms with Gasteiger partial charge in [-0.15, -0.1) is 0 Å². The lowest BCUT2D eigenvalue weighted by molar-refractivity contribution is 0.100. The van der Waals surface area contributed by atoms with Crippen molar-refractivity contribution < 1.29 is 14.3 Å². The van der Waals surface area contributed by atoms with E-state index in [1.165, 1.54) is 0 Å². The molecule has 0 N–H and O–H groups in total. The van der Waals surface area contributed by atoms with Crippen molar-refractivity contribution in [3.8, 4) is 11.5 Å². The molecule has 4 heteroatoms. The molecule has 0 radical (unpaired) electrons. The highest BCUT2D eigenvalue weighted by Crippen LogP contribution is 2.37. The molecular formula is C13H13NO3. The first-order valence-corrected chi connectivity index (χ1v) is 5.64. The number of Topliss-reactive ketones (excluding diaryl/α,β-unsaturated/α-hetero) is 1. The van der Waals surface area contributed by atoms with Crippen molar-refractivity contribution in [2.75, 3.05) is 6.79 Å². The quantitative estimate of drug-likeness (QED) is 0.746. The molecule has 0 unspecified atom stereocenters. The van der Waals surface area contributed by atoms with Crippen LogP contribution in [0.5, 0.6) is 11.5 Å². The van der Waals surface area contributed by atoms with Crippen molar-refractivity contribution in [3.05, 3.63) is 23.9 Å². The van der Waals surface area contributed by atoms with E-state index in [0.717, 1.165) is 34.6 Å². The normalized spacial score (nSPS) is 13.3. The Morgan fingerprint density at radius 1 is 1.29 bits per heavy atom. The van der Waals surface area contributed by atoms with Crippen LogP contribution in [0.1, 0.15) is 24.3 Å². The summed E-state index contributed by atoms with van der Waals surface area (Å²) in [7, 11) is 0. The third-order valence-electron chi connectivity index (χ3n) is 3.07. The second-order valence-electron chi connectivity index (χ2n) is 4.09. The molecule has 1 aromatic heterocycles. The molecule has 0 aliphatic carbocycles. The number of ketones is 1. The van der Waals surface area contributed by atoms with Gasteiger partial charge in [0, 0.05) is 24.9 Å². The first-order valence-electron chi connectivity index (χ1n) is 5.64. The Hall–Kier alpha value is -1.97. The topological polar surface area (TPSA) is 40.5 Å². The lowest BCUT2D eigenvalue weighted by Gasteiger charge is -2.05. The maximum atomic E-state index is 11.6. The van der Waals surface area contributed by atoms with Gasteiger partial charge in [-0.3, -0.25) is 4.79 Å². The van der Waals surface area contributed by atoms with Crippen LogP contribution in [-0.2, 0) is 6.54 Å². The molecule has 2 aromatic rings. The molecule has 2 heterocycles. The van der Waals surface area contributed by atoms with Crippen LogP contribution >= 0.6 is 0 Å². The number of carbonyl (C=O) groups is 1. The Morgan fingerprint density at radius 3 is 2.65 bits per heavy atom. The molecule has 0 atom stereocenters. The molecule has 0 fully saturated rings. The molecular weight excluding hydrogens is 218 g/mol. The molecule has 3 rings (SSSR count). The molecule has 17 heavy (non-hydrogen) atoms. The number of hydrogen-bond acceptors (Lipinski definition) is 3. The van der Waals surface area contributed by atoms with Crippen molar-refractivity contribution in [1.29, 1.82) is 0 Å². The van der Waals surface area contributed by atoms with E-state index in [0.29, 0.717) is 0 Å². The number of rotatable bonds is 2. The van der Waals surface area contributed by atoms with E-state index in [-0.39, 0.29) is 12.6 Å². The smallest absolute Gasteiger partial charge is 0.231 e. The summed E-state index contributed by atoms with van der Waals surface area (Å²) in [5.41, 5.74) is 1.74. The number of nitrogens with zero attached hydrogens (tertiary/aromatic N) is 1. The lowest BCUT2D eigenvalue weighted by atomic mass is 10.2. The summed E-state index contributed by atoms with van der Waals surface area (Å²) in [6.45, 7) is 4.64. The molecule has 0 spiro atoms. The maximum absolute atomic E-state index is 11.6. The summed E-state index contributed by atoms with van der Waals surface area (Å²) in [5.74, 6) is 1.58. The van der Waals surface area contributed by atoms with Crippen LogP contribution in [0, 0.1) is 0 Å². The van der Waals surface area contributed by atoms with Crippen LogP contribution in [0.25, 0.3) is 10.9 Å². The third-order valence-corrected chi connectivity index (χ3v) is 3.07. The Morgan fingerprint density at radius 2 is 2.00 bits per heavy atom. The Labute approximate surface area is 98.7 Å². The molecule has 0 saturated carbocycles. The molecule has 0 bridgehead atoms. The number of hydrogen-bond donors (Lipinski definition) is 0. The van der Waals surface area contributed by atoms with Crippen molar-refractivity contribution in [2.24, 2.45) is 0 Å². The van der Waals surface area contributed by atoms with Crippen LogP contribution in [0.4, 0.5) is 0 Å². The Kier molecular flexibility index (Phi) is 2.11. The highest BCUT2D eigenvalue weighted by molar-refractivity contribution is 5.99. The van der Waals surface area contributed by atoms with Crippen LogP contribution < -0.4 is 9.47 Å². The number of fused-ring (bicyclic) bond motifs is 2. The van der Waals surface area contributed by atoms with Gasteiger partial charge < -0.3 is 14.0 Å². The minimum Gasteiger partial charge on any atom is -0.454 e. The van der Waals surface area contributed by atoms with Gasteiger partial charge in [0.05, 0.1) is 11.2 Å². The SMILES string of the molecule is CCn1c(C(C)=O)cc2cc3c(cc21)OCO3. The number of ether oxygens (including phenoxy) is 2. The maximum Gasteiger partial charge on any atom is 0.231 e. The van der Waals surface area contributed by atoms with Crippen LogP contribution in [0.3, 0.4) is 0 Å². The molecule has 0 saturated heterocycles. The zero-order valence-electron chi connectivity index (χ0n) is 9.82. The van der Waals surface area contributed by atoms with Gasteiger partial charge in [-0.1, -0.05) is 0 Å². The number of benzene rings is 1. The van der Waals surface area contributed by atoms with Gasteiger partial charge in [0.25, 0.3) is 0 Å². The van der Waals surface area contributed by atoms with Gasteiger partial charge in [0.1, 0.15) is 0 Å². The number of aromatic nitrogens is 1. The average Bonchev–Trinajstić information content (AvgIpc) is 2.87. The summed E-state index contributed by atoms with van der Waals surface area (Å²) in [6, 6.07) is 5.77. The zero-order valence-corrected chi connectivity index (χ0v) is 9.82. The van der Waals surface area contributed by atoms with Crippen LogP contribution in [0.2, 0.25) is 0 Å².